The van der Waals surface area contributed by atoms with Crippen LogP contribution in [0.5, 0.6) is 0 Å². The molecule has 0 aromatic heterocycles. The first kappa shape index (κ1) is 17.4. The van der Waals surface area contributed by atoms with Crippen LogP contribution in [0.2, 0.25) is 0 Å². The average molecular weight is 348 g/mol. The highest BCUT2D eigenvalue weighted by atomic mass is 16.5. The van der Waals surface area contributed by atoms with Crippen molar-refractivity contribution in [3.8, 4) is 0 Å². The zero-order valence-corrected chi connectivity index (χ0v) is 14.1. The number of methoxy groups -OCH3 is 1. The van der Waals surface area contributed by atoms with E-state index in [2.05, 4.69) is 4.85 Å². The van der Waals surface area contributed by atoms with E-state index in [-0.39, 0.29) is 6.42 Å². The standard InChI is InChI=1S/C20H16N2O4/c1-21-20(19(25)26-2,14-9-5-3-6-10-14)16-13-17(23)22(18(16)24)15-11-7-4-8-12-15/h3-12,16H,13H2,2H3/t16-,20-/m1/s1. The monoisotopic (exact) mass is 348 g/mol. The molecule has 0 aliphatic carbocycles. The van der Waals surface area contributed by atoms with Crippen LogP contribution < -0.4 is 4.90 Å². The lowest BCUT2D eigenvalue weighted by Crippen LogP contribution is -2.45. The number of para-hydroxylation sites is 1. The van der Waals surface area contributed by atoms with Crippen molar-refractivity contribution in [1.29, 1.82) is 0 Å². The molecule has 6 nitrogen and oxygen atoms in total. The molecular weight excluding hydrogens is 332 g/mol. The zero-order chi connectivity index (χ0) is 18.7. The summed E-state index contributed by atoms with van der Waals surface area (Å²) in [7, 11) is 1.17. The summed E-state index contributed by atoms with van der Waals surface area (Å²) in [4.78, 5) is 42.8. The normalized spacial score (nSPS) is 18.9. The number of hydrogen-bond donors (Lipinski definition) is 0. The molecule has 1 heterocycles. The Balaban J connectivity index is 2.12. The van der Waals surface area contributed by atoms with Crippen molar-refractivity contribution in [2.75, 3.05) is 12.0 Å². The van der Waals surface area contributed by atoms with E-state index in [1.165, 1.54) is 7.11 Å². The minimum atomic E-state index is -1.90. The quantitative estimate of drug-likeness (QED) is 0.484. The summed E-state index contributed by atoms with van der Waals surface area (Å²) in [5, 5.41) is 0. The Morgan fingerprint density at radius 3 is 2.23 bits per heavy atom. The summed E-state index contributed by atoms with van der Waals surface area (Å²) in [5.41, 5.74) is -1.14. The highest BCUT2D eigenvalue weighted by molar-refractivity contribution is 6.22. The third-order valence-electron chi connectivity index (χ3n) is 4.55. The third kappa shape index (κ3) is 2.54. The topological polar surface area (TPSA) is 68.0 Å². The first-order valence-corrected chi connectivity index (χ1v) is 8.00. The molecule has 3 rings (SSSR count). The van der Waals surface area contributed by atoms with E-state index in [0.717, 1.165) is 4.90 Å². The van der Waals surface area contributed by atoms with E-state index < -0.39 is 29.2 Å². The molecule has 1 aliphatic rings. The minimum absolute atomic E-state index is 0.236. The van der Waals surface area contributed by atoms with Crippen LogP contribution in [0.4, 0.5) is 5.69 Å². The molecule has 0 spiro atoms. The Kier molecular flexibility index (Phi) is 4.55. The number of ether oxygens (including phenoxy) is 1. The average Bonchev–Trinajstić information content (AvgIpc) is 2.98. The molecule has 0 unspecified atom stereocenters. The van der Waals surface area contributed by atoms with Crippen molar-refractivity contribution in [1.82, 2.24) is 0 Å². The summed E-state index contributed by atoms with van der Waals surface area (Å²) in [6, 6.07) is 16.8. The van der Waals surface area contributed by atoms with E-state index in [1.54, 1.807) is 60.7 Å². The maximum Gasteiger partial charge on any atom is 0.399 e. The first-order valence-electron chi connectivity index (χ1n) is 8.00. The van der Waals surface area contributed by atoms with Crippen molar-refractivity contribution in [3.05, 3.63) is 77.6 Å². The van der Waals surface area contributed by atoms with Crippen LogP contribution in [0.3, 0.4) is 0 Å². The van der Waals surface area contributed by atoms with Gasteiger partial charge in [-0.2, -0.15) is 0 Å². The predicted molar refractivity (Wildman–Crippen MR) is 93.8 cm³/mol. The number of amides is 2. The molecule has 26 heavy (non-hydrogen) atoms. The Morgan fingerprint density at radius 2 is 1.69 bits per heavy atom. The van der Waals surface area contributed by atoms with Gasteiger partial charge in [-0.25, -0.2) is 11.4 Å². The number of benzene rings is 2. The second kappa shape index (κ2) is 6.81. The van der Waals surface area contributed by atoms with Crippen molar-refractivity contribution >= 4 is 23.5 Å². The predicted octanol–water partition coefficient (Wildman–Crippen LogP) is 2.55. The molecule has 1 fully saturated rings. The van der Waals surface area contributed by atoms with Crippen molar-refractivity contribution < 1.29 is 19.1 Å². The molecule has 0 N–H and O–H groups in total. The van der Waals surface area contributed by atoms with E-state index in [9.17, 15) is 14.4 Å². The Morgan fingerprint density at radius 1 is 1.12 bits per heavy atom. The number of carbonyl (C=O) groups is 3. The van der Waals surface area contributed by atoms with Crippen LogP contribution in [0, 0.1) is 12.5 Å². The molecule has 2 aromatic rings. The van der Waals surface area contributed by atoms with Gasteiger partial charge in [0.25, 0.3) is 0 Å². The van der Waals surface area contributed by atoms with Crippen LogP contribution in [0.25, 0.3) is 4.85 Å². The zero-order valence-electron chi connectivity index (χ0n) is 14.1. The second-order valence-corrected chi connectivity index (χ2v) is 5.90. The van der Waals surface area contributed by atoms with Gasteiger partial charge in [0.05, 0.1) is 12.8 Å². The van der Waals surface area contributed by atoms with E-state index in [0.29, 0.717) is 11.3 Å². The number of anilines is 1. The molecule has 1 saturated heterocycles. The summed E-state index contributed by atoms with van der Waals surface area (Å²) in [6.45, 7) is 7.71. The number of carbonyl (C=O) groups excluding carboxylic acids is 3. The SMILES string of the molecule is [C-]#[N+][C@](C(=O)OC)(c1ccccc1)[C@@H]1CC(=O)N(c2ccccc2)C1=O. The lowest BCUT2D eigenvalue weighted by atomic mass is 9.77. The number of imide groups is 1. The number of rotatable bonds is 4. The molecule has 0 saturated carbocycles. The van der Waals surface area contributed by atoms with Crippen LogP contribution in [-0.2, 0) is 24.7 Å². The smallest absolute Gasteiger partial charge is 0.399 e. The molecule has 2 amide bonds. The number of esters is 1. The molecule has 6 heteroatoms. The first-order chi connectivity index (χ1) is 12.6. The highest BCUT2D eigenvalue weighted by Crippen LogP contribution is 2.43. The fraction of sp³-hybridized carbons (Fsp3) is 0.200. The second-order valence-electron chi connectivity index (χ2n) is 5.90. The van der Waals surface area contributed by atoms with Crippen LogP contribution >= 0.6 is 0 Å². The van der Waals surface area contributed by atoms with Gasteiger partial charge in [-0.1, -0.05) is 48.5 Å². The molecule has 2 aromatic carbocycles. The summed E-state index contributed by atoms with van der Waals surface area (Å²) in [6.07, 6.45) is -0.236. The van der Waals surface area contributed by atoms with Gasteiger partial charge in [0.2, 0.25) is 11.8 Å². The van der Waals surface area contributed by atoms with Gasteiger partial charge in [0.15, 0.2) is 0 Å². The van der Waals surface area contributed by atoms with Gasteiger partial charge in [0, 0.05) is 12.0 Å². The largest absolute Gasteiger partial charge is 0.463 e. The molecule has 1 aliphatic heterocycles. The Labute approximate surface area is 150 Å². The highest BCUT2D eigenvalue weighted by Gasteiger charge is 2.63. The fourth-order valence-electron chi connectivity index (χ4n) is 3.30. The van der Waals surface area contributed by atoms with Gasteiger partial charge in [-0.15, -0.1) is 0 Å². The molecular formula is C20H16N2O4. The Bertz CT molecular complexity index is 889. The van der Waals surface area contributed by atoms with Gasteiger partial charge < -0.3 is 4.74 Å². The summed E-state index contributed by atoms with van der Waals surface area (Å²) < 4.78 is 4.86. The maximum atomic E-state index is 13.1. The molecule has 0 bridgehead atoms. The van der Waals surface area contributed by atoms with Gasteiger partial charge in [-0.05, 0) is 12.1 Å². The maximum absolute atomic E-state index is 13.1. The van der Waals surface area contributed by atoms with Crippen LogP contribution in [0.1, 0.15) is 12.0 Å². The lowest BCUT2D eigenvalue weighted by molar-refractivity contribution is -0.149. The lowest BCUT2D eigenvalue weighted by Gasteiger charge is -2.24. The third-order valence-corrected chi connectivity index (χ3v) is 4.55. The van der Waals surface area contributed by atoms with Gasteiger partial charge >= 0.3 is 11.5 Å². The molecule has 0 radical (unpaired) electrons. The van der Waals surface area contributed by atoms with Crippen molar-refractivity contribution in [2.45, 2.75) is 12.0 Å². The fourth-order valence-corrected chi connectivity index (χ4v) is 3.30. The van der Waals surface area contributed by atoms with E-state index >= 15 is 0 Å². The van der Waals surface area contributed by atoms with Crippen molar-refractivity contribution in [2.24, 2.45) is 5.92 Å². The summed E-state index contributed by atoms with van der Waals surface area (Å²) in [5.74, 6) is -3.02. The van der Waals surface area contributed by atoms with Gasteiger partial charge in [-0.3, -0.25) is 19.3 Å². The van der Waals surface area contributed by atoms with Crippen molar-refractivity contribution in [3.63, 3.8) is 0 Å². The molecule has 2 atom stereocenters. The van der Waals surface area contributed by atoms with Gasteiger partial charge in [0.1, 0.15) is 5.92 Å². The van der Waals surface area contributed by atoms with Crippen LogP contribution in [0.15, 0.2) is 60.7 Å². The molecule has 130 valence electrons. The number of nitrogens with zero attached hydrogens (tertiary/aromatic N) is 2. The Hall–Kier alpha value is -3.46. The van der Waals surface area contributed by atoms with Crippen LogP contribution in [-0.4, -0.2) is 24.9 Å². The number of hydrogen-bond acceptors (Lipinski definition) is 4. The minimum Gasteiger partial charge on any atom is -0.463 e. The summed E-state index contributed by atoms with van der Waals surface area (Å²) >= 11 is 0. The van der Waals surface area contributed by atoms with E-state index in [4.69, 9.17) is 11.3 Å². The van der Waals surface area contributed by atoms with E-state index in [1.807, 2.05) is 0 Å².